The molecule has 1 unspecified atom stereocenters. The van der Waals surface area contributed by atoms with E-state index in [2.05, 4.69) is 14.9 Å². The second-order valence-corrected chi connectivity index (χ2v) is 6.72. The van der Waals surface area contributed by atoms with Crippen LogP contribution in [0.15, 0.2) is 11.2 Å². The molecule has 0 aliphatic carbocycles. The van der Waals surface area contributed by atoms with Gasteiger partial charge in [0.25, 0.3) is 10.0 Å². The molecular formula is C9H15N3O3S2. The monoisotopic (exact) mass is 277 g/mol. The fourth-order valence-corrected chi connectivity index (χ4v) is 4.33. The fourth-order valence-electron chi connectivity index (χ4n) is 1.76. The van der Waals surface area contributed by atoms with Crippen LogP contribution >= 0.6 is 11.8 Å². The van der Waals surface area contributed by atoms with E-state index < -0.39 is 10.0 Å². The van der Waals surface area contributed by atoms with Gasteiger partial charge in [0.05, 0.1) is 12.8 Å². The minimum Gasteiger partial charge on any atom is -0.392 e. The van der Waals surface area contributed by atoms with Gasteiger partial charge in [0, 0.05) is 17.4 Å². The summed E-state index contributed by atoms with van der Waals surface area (Å²) in [4.78, 5) is 0. The number of rotatable bonds is 4. The van der Waals surface area contributed by atoms with Crippen LogP contribution in [-0.4, -0.2) is 41.3 Å². The van der Waals surface area contributed by atoms with E-state index in [1.54, 1.807) is 11.8 Å². The lowest BCUT2D eigenvalue weighted by molar-refractivity contribution is 0.278. The van der Waals surface area contributed by atoms with Crippen LogP contribution in [0.25, 0.3) is 0 Å². The molecule has 0 bridgehead atoms. The van der Waals surface area contributed by atoms with Gasteiger partial charge in [-0.3, -0.25) is 5.10 Å². The van der Waals surface area contributed by atoms with Crippen molar-refractivity contribution in [2.75, 3.05) is 11.5 Å². The van der Waals surface area contributed by atoms with E-state index in [9.17, 15) is 8.42 Å². The van der Waals surface area contributed by atoms with E-state index in [4.69, 9.17) is 5.11 Å². The first kappa shape index (κ1) is 12.9. The summed E-state index contributed by atoms with van der Waals surface area (Å²) in [5.74, 6) is 1.88. The zero-order valence-electron chi connectivity index (χ0n) is 9.22. The van der Waals surface area contributed by atoms with Crippen LogP contribution in [0.1, 0.15) is 18.4 Å². The van der Waals surface area contributed by atoms with Gasteiger partial charge in [-0.1, -0.05) is 0 Å². The molecule has 0 amide bonds. The maximum Gasteiger partial charge on any atom is 0.258 e. The largest absolute Gasteiger partial charge is 0.392 e. The second kappa shape index (κ2) is 5.38. The van der Waals surface area contributed by atoms with Gasteiger partial charge in [-0.05, 0) is 18.6 Å². The van der Waals surface area contributed by atoms with Gasteiger partial charge < -0.3 is 5.11 Å². The highest BCUT2D eigenvalue weighted by molar-refractivity contribution is 7.99. The predicted molar refractivity (Wildman–Crippen MR) is 65.2 cm³/mol. The van der Waals surface area contributed by atoms with Gasteiger partial charge in [0.1, 0.15) is 0 Å². The highest BCUT2D eigenvalue weighted by Crippen LogP contribution is 2.19. The van der Waals surface area contributed by atoms with E-state index in [1.807, 2.05) is 0 Å². The van der Waals surface area contributed by atoms with Crippen molar-refractivity contribution in [2.24, 2.45) is 0 Å². The van der Waals surface area contributed by atoms with E-state index in [1.165, 1.54) is 6.20 Å². The van der Waals surface area contributed by atoms with Gasteiger partial charge in [0.15, 0.2) is 5.03 Å². The number of hydrogen-bond donors (Lipinski definition) is 3. The summed E-state index contributed by atoms with van der Waals surface area (Å²) < 4.78 is 26.7. The molecule has 17 heavy (non-hydrogen) atoms. The number of thioether (sulfide) groups is 1. The lowest BCUT2D eigenvalue weighted by Gasteiger charge is -2.22. The molecule has 2 rings (SSSR count). The van der Waals surface area contributed by atoms with E-state index in [-0.39, 0.29) is 17.7 Å². The summed E-state index contributed by atoms with van der Waals surface area (Å²) >= 11 is 1.75. The summed E-state index contributed by atoms with van der Waals surface area (Å²) in [6, 6.07) is -0.0337. The zero-order chi connectivity index (χ0) is 12.3. The molecule has 0 spiro atoms. The van der Waals surface area contributed by atoms with Crippen LogP contribution in [-0.2, 0) is 16.6 Å². The molecule has 1 aromatic heterocycles. The number of hydrogen-bond acceptors (Lipinski definition) is 5. The summed E-state index contributed by atoms with van der Waals surface area (Å²) in [6.45, 7) is -0.341. The lowest BCUT2D eigenvalue weighted by atomic mass is 10.2. The first-order valence-electron chi connectivity index (χ1n) is 5.36. The Hall–Kier alpha value is -0.570. The predicted octanol–water partition coefficient (Wildman–Crippen LogP) is 0.0759. The molecule has 0 saturated carbocycles. The number of H-pyrrole nitrogens is 1. The fraction of sp³-hybridized carbons (Fsp3) is 0.667. The maximum atomic E-state index is 12.0. The van der Waals surface area contributed by atoms with Gasteiger partial charge in [0.2, 0.25) is 0 Å². The summed E-state index contributed by atoms with van der Waals surface area (Å²) in [5.41, 5.74) is 0.293. The Balaban J connectivity index is 2.13. The molecule has 1 saturated heterocycles. The molecule has 3 N–H and O–H groups in total. The summed E-state index contributed by atoms with van der Waals surface area (Å²) in [5, 5.41) is 15.1. The van der Waals surface area contributed by atoms with Crippen LogP contribution in [0, 0.1) is 0 Å². The highest BCUT2D eigenvalue weighted by atomic mass is 32.2. The topological polar surface area (TPSA) is 95.1 Å². The van der Waals surface area contributed by atoms with Crippen LogP contribution in [0.2, 0.25) is 0 Å². The highest BCUT2D eigenvalue weighted by Gasteiger charge is 2.25. The molecule has 1 aliphatic heterocycles. The lowest BCUT2D eigenvalue weighted by Crippen LogP contribution is -2.38. The number of aromatic nitrogens is 2. The number of sulfonamides is 1. The van der Waals surface area contributed by atoms with E-state index >= 15 is 0 Å². The minimum atomic E-state index is -3.60. The zero-order valence-corrected chi connectivity index (χ0v) is 10.9. The number of nitrogens with one attached hydrogen (secondary N) is 2. The van der Waals surface area contributed by atoms with Crippen molar-refractivity contribution >= 4 is 21.8 Å². The van der Waals surface area contributed by atoms with Crippen molar-refractivity contribution in [1.82, 2.24) is 14.9 Å². The molecule has 1 aliphatic rings. The van der Waals surface area contributed by atoms with Gasteiger partial charge in [-0.2, -0.15) is 16.9 Å². The van der Waals surface area contributed by atoms with Gasteiger partial charge in [-0.15, -0.1) is 0 Å². The number of aromatic amines is 1. The molecule has 1 aromatic rings. The van der Waals surface area contributed by atoms with Crippen LogP contribution in [0.5, 0.6) is 0 Å². The third-order valence-corrected chi connectivity index (χ3v) is 5.35. The Kier molecular flexibility index (Phi) is 4.08. The van der Waals surface area contributed by atoms with Crippen LogP contribution in [0.4, 0.5) is 0 Å². The van der Waals surface area contributed by atoms with Gasteiger partial charge >= 0.3 is 0 Å². The second-order valence-electron chi connectivity index (χ2n) is 3.92. The summed E-state index contributed by atoms with van der Waals surface area (Å²) in [6.07, 6.45) is 3.20. The van der Waals surface area contributed by atoms with Crippen molar-refractivity contribution in [1.29, 1.82) is 0 Å². The number of aliphatic hydroxyl groups is 1. The molecule has 6 nitrogen and oxygen atoms in total. The molecule has 0 radical (unpaired) electrons. The van der Waals surface area contributed by atoms with E-state index in [0.717, 1.165) is 24.3 Å². The molecule has 1 atom stereocenters. The Morgan fingerprint density at radius 1 is 1.65 bits per heavy atom. The average molecular weight is 277 g/mol. The molecule has 0 aromatic carbocycles. The van der Waals surface area contributed by atoms with Crippen molar-refractivity contribution in [3.8, 4) is 0 Å². The first-order chi connectivity index (χ1) is 8.13. The molecule has 1 fully saturated rings. The first-order valence-corrected chi connectivity index (χ1v) is 8.00. The van der Waals surface area contributed by atoms with Crippen molar-refractivity contribution in [3.05, 3.63) is 11.8 Å². The van der Waals surface area contributed by atoms with Crippen LogP contribution in [0.3, 0.4) is 0 Å². The molecule has 2 heterocycles. The minimum absolute atomic E-state index is 0.0319. The Labute approximate surface area is 104 Å². The Morgan fingerprint density at radius 2 is 2.47 bits per heavy atom. The smallest absolute Gasteiger partial charge is 0.258 e. The standard InChI is InChI=1S/C9H15N3O3S2/c13-5-7-4-10-11-9(7)17(14,15)12-8-2-1-3-16-6-8/h4,8,12-13H,1-3,5-6H2,(H,10,11). The van der Waals surface area contributed by atoms with Crippen molar-refractivity contribution in [2.45, 2.75) is 30.5 Å². The molecule has 96 valence electrons. The van der Waals surface area contributed by atoms with Crippen LogP contribution < -0.4 is 4.72 Å². The third kappa shape index (κ3) is 3.01. The number of aliphatic hydroxyl groups excluding tert-OH is 1. The maximum absolute atomic E-state index is 12.0. The molecule has 8 heteroatoms. The summed E-state index contributed by atoms with van der Waals surface area (Å²) in [7, 11) is -3.60. The van der Waals surface area contributed by atoms with Crippen molar-refractivity contribution < 1.29 is 13.5 Å². The third-order valence-electron chi connectivity index (χ3n) is 2.60. The SMILES string of the molecule is O=S(=O)(NC1CCCSC1)c1[nH]ncc1CO. The normalized spacial score (nSPS) is 21.6. The Morgan fingerprint density at radius 3 is 3.12 bits per heavy atom. The quantitative estimate of drug-likeness (QED) is 0.724. The average Bonchev–Trinajstić information content (AvgIpc) is 2.78. The molecular weight excluding hydrogens is 262 g/mol. The van der Waals surface area contributed by atoms with Gasteiger partial charge in [-0.25, -0.2) is 13.1 Å². The van der Waals surface area contributed by atoms with Crippen molar-refractivity contribution in [3.63, 3.8) is 0 Å². The van der Waals surface area contributed by atoms with E-state index in [0.29, 0.717) is 5.56 Å². The Bertz CT molecular complexity index is 466. The number of nitrogens with zero attached hydrogens (tertiary/aromatic N) is 1.